The van der Waals surface area contributed by atoms with E-state index in [2.05, 4.69) is 10.2 Å². The monoisotopic (exact) mass is 295 g/mol. The van der Waals surface area contributed by atoms with Crippen LogP contribution in [-0.2, 0) is 9.53 Å². The third-order valence-electron chi connectivity index (χ3n) is 3.22. The number of nitrogens with one attached hydrogen (secondary N) is 1. The lowest BCUT2D eigenvalue weighted by Crippen LogP contribution is -2.48. The van der Waals surface area contributed by atoms with Crippen molar-refractivity contribution in [3.8, 4) is 6.07 Å². The summed E-state index contributed by atoms with van der Waals surface area (Å²) < 4.78 is 5.29. The van der Waals surface area contributed by atoms with Crippen LogP contribution in [0, 0.1) is 11.3 Å². The van der Waals surface area contributed by atoms with Crippen molar-refractivity contribution in [3.63, 3.8) is 0 Å². The van der Waals surface area contributed by atoms with Gasteiger partial charge in [0.05, 0.1) is 31.4 Å². The number of rotatable bonds is 5. The van der Waals surface area contributed by atoms with E-state index in [0.29, 0.717) is 36.7 Å². The molecule has 2 rings (SSSR count). The van der Waals surface area contributed by atoms with Crippen molar-refractivity contribution in [1.29, 1.82) is 5.26 Å². The topological polar surface area (TPSA) is 85.6 Å². The van der Waals surface area contributed by atoms with Gasteiger partial charge in [0, 0.05) is 19.5 Å². The maximum absolute atomic E-state index is 11.9. The maximum atomic E-state index is 11.9. The molecule has 2 heterocycles. The van der Waals surface area contributed by atoms with Gasteiger partial charge in [-0.3, -0.25) is 9.69 Å². The highest BCUT2D eigenvalue weighted by atomic mass is 32.1. The molecule has 1 saturated heterocycles. The Labute approximate surface area is 121 Å². The molecule has 1 aromatic rings. The van der Waals surface area contributed by atoms with E-state index in [1.807, 2.05) is 6.07 Å². The van der Waals surface area contributed by atoms with Gasteiger partial charge in [-0.05, 0) is 11.4 Å². The summed E-state index contributed by atoms with van der Waals surface area (Å²) in [5.74, 6) is -0.118. The molecule has 1 atom stereocenters. The van der Waals surface area contributed by atoms with Crippen molar-refractivity contribution in [3.05, 3.63) is 17.0 Å². The van der Waals surface area contributed by atoms with Crippen molar-refractivity contribution < 1.29 is 14.6 Å². The van der Waals surface area contributed by atoms with Crippen LogP contribution in [0.2, 0.25) is 0 Å². The number of carbonyl (C=O) groups is 1. The highest BCUT2D eigenvalue weighted by Crippen LogP contribution is 2.22. The molecule has 1 amide bonds. The molecule has 20 heavy (non-hydrogen) atoms. The zero-order chi connectivity index (χ0) is 14.4. The number of amides is 1. The Hall–Kier alpha value is -1.46. The van der Waals surface area contributed by atoms with Gasteiger partial charge >= 0.3 is 0 Å². The van der Waals surface area contributed by atoms with Gasteiger partial charge in [0.15, 0.2) is 0 Å². The van der Waals surface area contributed by atoms with E-state index in [9.17, 15) is 9.90 Å². The van der Waals surface area contributed by atoms with Crippen LogP contribution in [0.3, 0.4) is 0 Å². The Morgan fingerprint density at radius 1 is 1.70 bits per heavy atom. The lowest BCUT2D eigenvalue weighted by molar-refractivity contribution is -0.117. The first-order valence-electron chi connectivity index (χ1n) is 6.44. The number of thiophene rings is 1. The summed E-state index contributed by atoms with van der Waals surface area (Å²) in [5, 5.41) is 23.2. The molecule has 108 valence electrons. The molecule has 1 unspecified atom stereocenters. The number of hydrogen-bond donors (Lipinski definition) is 2. The van der Waals surface area contributed by atoms with E-state index in [0.717, 1.165) is 6.54 Å². The van der Waals surface area contributed by atoms with Gasteiger partial charge in [-0.15, -0.1) is 11.3 Å². The number of aliphatic hydroxyl groups excluding tert-OH is 1. The molecule has 2 N–H and O–H groups in total. The second-order valence-electron chi connectivity index (χ2n) is 4.52. The Bertz CT molecular complexity index is 497. The van der Waals surface area contributed by atoms with Crippen molar-refractivity contribution in [2.24, 2.45) is 0 Å². The van der Waals surface area contributed by atoms with Crippen LogP contribution >= 0.6 is 11.3 Å². The highest BCUT2D eigenvalue weighted by molar-refractivity contribution is 7.14. The first kappa shape index (κ1) is 14.9. The number of aliphatic hydroxyl groups is 1. The second kappa shape index (κ2) is 7.36. The van der Waals surface area contributed by atoms with Gasteiger partial charge in [-0.1, -0.05) is 0 Å². The Balaban J connectivity index is 1.81. The van der Waals surface area contributed by atoms with E-state index in [1.165, 1.54) is 11.3 Å². The molecule has 0 saturated carbocycles. The summed E-state index contributed by atoms with van der Waals surface area (Å²) in [4.78, 5) is 13.9. The summed E-state index contributed by atoms with van der Waals surface area (Å²) in [5.41, 5.74) is 0.489. The molecule has 0 aromatic carbocycles. The standard InChI is InChI=1S/C13H17N3O3S/c14-7-10-2-6-20-13(10)15-12(18)1-3-16-4-5-19-9-11(16)8-17/h2,6,11,17H,1,3-5,8-9H2,(H,15,18). The Kier molecular flexibility index (Phi) is 5.49. The van der Waals surface area contributed by atoms with E-state index >= 15 is 0 Å². The van der Waals surface area contributed by atoms with E-state index < -0.39 is 0 Å². The normalized spacial score (nSPS) is 19.5. The number of nitriles is 1. The Morgan fingerprint density at radius 3 is 3.30 bits per heavy atom. The molecule has 7 heteroatoms. The van der Waals surface area contributed by atoms with Gasteiger partial charge in [0.2, 0.25) is 5.91 Å². The molecule has 1 aromatic heterocycles. The van der Waals surface area contributed by atoms with E-state index in [1.54, 1.807) is 11.4 Å². The summed E-state index contributed by atoms with van der Waals surface area (Å²) in [7, 11) is 0. The quantitative estimate of drug-likeness (QED) is 0.832. The Morgan fingerprint density at radius 2 is 2.55 bits per heavy atom. The third-order valence-corrected chi connectivity index (χ3v) is 4.05. The SMILES string of the molecule is N#Cc1ccsc1NC(=O)CCN1CCOCC1CO. The molecule has 0 spiro atoms. The number of morpholine rings is 1. The first-order chi connectivity index (χ1) is 9.74. The van der Waals surface area contributed by atoms with Crippen LogP contribution in [0.25, 0.3) is 0 Å². The average Bonchev–Trinajstić information content (AvgIpc) is 2.92. The summed E-state index contributed by atoms with van der Waals surface area (Å²) in [6, 6.07) is 3.69. The van der Waals surface area contributed by atoms with Gasteiger partial charge in [-0.2, -0.15) is 5.26 Å². The summed E-state index contributed by atoms with van der Waals surface area (Å²) >= 11 is 1.34. The minimum absolute atomic E-state index is 0.0329. The lowest BCUT2D eigenvalue weighted by Gasteiger charge is -2.34. The predicted molar refractivity (Wildman–Crippen MR) is 75.5 cm³/mol. The zero-order valence-electron chi connectivity index (χ0n) is 11.0. The fraction of sp³-hybridized carbons (Fsp3) is 0.538. The van der Waals surface area contributed by atoms with Crippen LogP contribution in [-0.4, -0.2) is 54.9 Å². The first-order valence-corrected chi connectivity index (χ1v) is 7.32. The average molecular weight is 295 g/mol. The molecule has 6 nitrogen and oxygen atoms in total. The van der Waals surface area contributed by atoms with Crippen LogP contribution in [0.4, 0.5) is 5.00 Å². The fourth-order valence-corrected chi connectivity index (χ4v) is 2.83. The van der Waals surface area contributed by atoms with E-state index in [-0.39, 0.29) is 18.6 Å². The molecule has 0 aliphatic carbocycles. The largest absolute Gasteiger partial charge is 0.395 e. The van der Waals surface area contributed by atoms with Crippen LogP contribution < -0.4 is 5.32 Å². The molecule has 0 radical (unpaired) electrons. The maximum Gasteiger partial charge on any atom is 0.226 e. The third kappa shape index (κ3) is 3.77. The van der Waals surface area contributed by atoms with Crippen molar-refractivity contribution >= 4 is 22.2 Å². The molecule has 1 fully saturated rings. The smallest absolute Gasteiger partial charge is 0.226 e. The second-order valence-corrected chi connectivity index (χ2v) is 5.44. The van der Waals surface area contributed by atoms with Gasteiger partial charge in [-0.25, -0.2) is 0 Å². The van der Waals surface area contributed by atoms with Crippen LogP contribution in [0.15, 0.2) is 11.4 Å². The molecule has 1 aliphatic heterocycles. The molecular weight excluding hydrogens is 278 g/mol. The lowest BCUT2D eigenvalue weighted by atomic mass is 10.2. The highest BCUT2D eigenvalue weighted by Gasteiger charge is 2.22. The molecular formula is C13H17N3O3S. The van der Waals surface area contributed by atoms with Crippen molar-refractivity contribution in [1.82, 2.24) is 4.90 Å². The predicted octanol–water partition coefficient (Wildman–Crippen LogP) is 0.641. The number of nitrogens with zero attached hydrogens (tertiary/aromatic N) is 2. The summed E-state index contributed by atoms with van der Waals surface area (Å²) in [6.45, 7) is 2.46. The zero-order valence-corrected chi connectivity index (χ0v) is 11.9. The number of carbonyl (C=O) groups excluding carboxylic acids is 1. The van der Waals surface area contributed by atoms with E-state index in [4.69, 9.17) is 10.00 Å². The van der Waals surface area contributed by atoms with Crippen LogP contribution in [0.5, 0.6) is 0 Å². The molecule has 0 bridgehead atoms. The van der Waals surface area contributed by atoms with Gasteiger partial charge < -0.3 is 15.2 Å². The van der Waals surface area contributed by atoms with Gasteiger partial charge in [0.25, 0.3) is 0 Å². The number of ether oxygens (including phenoxy) is 1. The van der Waals surface area contributed by atoms with Gasteiger partial charge in [0.1, 0.15) is 11.1 Å². The fourth-order valence-electron chi connectivity index (χ4n) is 2.08. The minimum atomic E-state index is -0.118. The summed E-state index contributed by atoms with van der Waals surface area (Å²) in [6.07, 6.45) is 0.333. The van der Waals surface area contributed by atoms with Crippen molar-refractivity contribution in [2.75, 3.05) is 38.2 Å². The number of hydrogen-bond acceptors (Lipinski definition) is 6. The van der Waals surface area contributed by atoms with Crippen LogP contribution in [0.1, 0.15) is 12.0 Å². The van der Waals surface area contributed by atoms with Crippen molar-refractivity contribution in [2.45, 2.75) is 12.5 Å². The minimum Gasteiger partial charge on any atom is -0.395 e. The number of anilines is 1. The molecule has 1 aliphatic rings.